The van der Waals surface area contributed by atoms with Crippen LogP contribution in [0.5, 0.6) is 0 Å². The maximum Gasteiger partial charge on any atom is 0.272 e. The first-order valence-electron chi connectivity index (χ1n) is 8.52. The maximum atomic E-state index is 13.1. The van der Waals surface area contributed by atoms with Crippen LogP contribution in [0.15, 0.2) is 47.1 Å². The lowest BCUT2D eigenvalue weighted by molar-refractivity contribution is 0.0715. The molecular weight excluding hydrogens is 373 g/mol. The molecule has 1 amide bonds. The Balaban J connectivity index is 1.80. The molecule has 2 aromatic heterocycles. The van der Waals surface area contributed by atoms with E-state index in [0.717, 1.165) is 32.4 Å². The second-order valence-corrected chi connectivity index (χ2v) is 7.07. The van der Waals surface area contributed by atoms with Gasteiger partial charge in [-0.2, -0.15) is 5.10 Å². The van der Waals surface area contributed by atoms with Crippen LogP contribution in [0, 0.1) is 0 Å². The van der Waals surface area contributed by atoms with Gasteiger partial charge in [0.2, 0.25) is 0 Å². The molecule has 4 rings (SSSR count). The van der Waals surface area contributed by atoms with E-state index in [9.17, 15) is 4.79 Å². The van der Waals surface area contributed by atoms with E-state index >= 15 is 0 Å². The van der Waals surface area contributed by atoms with E-state index in [1.54, 1.807) is 41.3 Å². The molecule has 0 bridgehead atoms. The summed E-state index contributed by atoms with van der Waals surface area (Å²) in [5.41, 5.74) is 1.76. The largest absolute Gasteiger partial charge is 0.463 e. The molecule has 1 aliphatic rings. The van der Waals surface area contributed by atoms with E-state index in [2.05, 4.69) is 5.10 Å². The molecule has 5 nitrogen and oxygen atoms in total. The number of nitrogens with zero attached hydrogens (tertiary/aromatic N) is 3. The van der Waals surface area contributed by atoms with E-state index in [4.69, 9.17) is 27.6 Å². The third kappa shape index (κ3) is 3.24. The van der Waals surface area contributed by atoms with Gasteiger partial charge in [-0.1, -0.05) is 23.2 Å². The molecule has 134 valence electrons. The SMILES string of the molecule is O=C(c1cc(-c2ccco2)nn1-c1ccc(Cl)c(Cl)c1)N1CCCCC1. The number of hydrogen-bond acceptors (Lipinski definition) is 3. The highest BCUT2D eigenvalue weighted by Crippen LogP contribution is 2.28. The Morgan fingerprint density at radius 2 is 1.85 bits per heavy atom. The second-order valence-electron chi connectivity index (χ2n) is 6.26. The van der Waals surface area contributed by atoms with Crippen LogP contribution in [0.1, 0.15) is 29.8 Å². The molecule has 1 aromatic carbocycles. The minimum atomic E-state index is -0.0407. The van der Waals surface area contributed by atoms with Crippen LogP contribution in [-0.4, -0.2) is 33.7 Å². The molecular formula is C19H17Cl2N3O2. The van der Waals surface area contributed by atoms with Crippen molar-refractivity contribution in [3.05, 3.63) is 58.4 Å². The van der Waals surface area contributed by atoms with Gasteiger partial charge in [-0.25, -0.2) is 4.68 Å². The summed E-state index contributed by atoms with van der Waals surface area (Å²) in [5, 5.41) is 5.45. The fourth-order valence-corrected chi connectivity index (χ4v) is 3.44. The zero-order valence-electron chi connectivity index (χ0n) is 14.0. The number of rotatable bonds is 3. The highest BCUT2D eigenvalue weighted by Gasteiger charge is 2.24. The fraction of sp³-hybridized carbons (Fsp3) is 0.263. The molecule has 1 fully saturated rings. The van der Waals surface area contributed by atoms with E-state index in [0.29, 0.717) is 32.9 Å². The molecule has 7 heteroatoms. The Morgan fingerprint density at radius 3 is 2.54 bits per heavy atom. The van der Waals surface area contributed by atoms with Crippen molar-refractivity contribution < 1.29 is 9.21 Å². The summed E-state index contributed by atoms with van der Waals surface area (Å²) in [5.74, 6) is 0.567. The number of hydrogen-bond donors (Lipinski definition) is 0. The zero-order valence-corrected chi connectivity index (χ0v) is 15.5. The standard InChI is InChI=1S/C19H17Cl2N3O2/c20-14-7-6-13(11-15(14)21)24-17(19(25)23-8-2-1-3-9-23)12-16(22-24)18-5-4-10-26-18/h4-7,10-12H,1-3,8-9H2. The fourth-order valence-electron chi connectivity index (χ4n) is 3.15. The number of carbonyl (C=O) groups is 1. The summed E-state index contributed by atoms with van der Waals surface area (Å²) in [6.07, 6.45) is 4.79. The first-order valence-corrected chi connectivity index (χ1v) is 9.28. The predicted molar refractivity (Wildman–Crippen MR) is 101 cm³/mol. The quantitative estimate of drug-likeness (QED) is 0.628. The molecule has 0 unspecified atom stereocenters. The highest BCUT2D eigenvalue weighted by molar-refractivity contribution is 6.42. The minimum Gasteiger partial charge on any atom is -0.463 e. The van der Waals surface area contributed by atoms with Gasteiger partial charge in [0, 0.05) is 19.2 Å². The number of aromatic nitrogens is 2. The minimum absolute atomic E-state index is 0.0407. The van der Waals surface area contributed by atoms with Crippen molar-refractivity contribution in [1.29, 1.82) is 0 Å². The van der Waals surface area contributed by atoms with Crippen LogP contribution in [0.3, 0.4) is 0 Å². The number of piperidine rings is 1. The van der Waals surface area contributed by atoms with Crippen LogP contribution >= 0.6 is 23.2 Å². The highest BCUT2D eigenvalue weighted by atomic mass is 35.5. The van der Waals surface area contributed by atoms with Crippen LogP contribution < -0.4 is 0 Å². The average molecular weight is 390 g/mol. The summed E-state index contributed by atoms with van der Waals surface area (Å²) < 4.78 is 7.05. The van der Waals surface area contributed by atoms with Crippen molar-refractivity contribution >= 4 is 29.1 Å². The van der Waals surface area contributed by atoms with Gasteiger partial charge in [0.05, 0.1) is 22.0 Å². The Bertz CT molecular complexity index is 928. The van der Waals surface area contributed by atoms with Crippen LogP contribution in [-0.2, 0) is 0 Å². The summed E-state index contributed by atoms with van der Waals surface area (Å²) in [4.78, 5) is 15.0. The monoisotopic (exact) mass is 389 g/mol. The molecule has 1 aliphatic heterocycles. The van der Waals surface area contributed by atoms with Gasteiger partial charge in [-0.05, 0) is 49.6 Å². The smallest absolute Gasteiger partial charge is 0.272 e. The number of carbonyl (C=O) groups excluding carboxylic acids is 1. The lowest BCUT2D eigenvalue weighted by Crippen LogP contribution is -2.36. The molecule has 1 saturated heterocycles. The van der Waals surface area contributed by atoms with Crippen LogP contribution in [0.4, 0.5) is 0 Å². The van der Waals surface area contributed by atoms with Crippen molar-refractivity contribution in [3.63, 3.8) is 0 Å². The van der Waals surface area contributed by atoms with Crippen molar-refractivity contribution in [3.8, 4) is 17.1 Å². The first kappa shape index (κ1) is 17.2. The lowest BCUT2D eigenvalue weighted by Gasteiger charge is -2.26. The molecule has 0 N–H and O–H groups in total. The van der Waals surface area contributed by atoms with Gasteiger partial charge in [-0.3, -0.25) is 4.79 Å². The first-order chi connectivity index (χ1) is 12.6. The van der Waals surface area contributed by atoms with E-state index in [1.165, 1.54) is 0 Å². The molecule has 0 saturated carbocycles. The Kier molecular flexibility index (Phi) is 4.74. The summed E-state index contributed by atoms with van der Waals surface area (Å²) in [6.45, 7) is 1.53. The normalized spacial score (nSPS) is 14.6. The van der Waals surface area contributed by atoms with Crippen LogP contribution in [0.25, 0.3) is 17.1 Å². The molecule has 3 heterocycles. The maximum absolute atomic E-state index is 13.1. The molecule has 0 atom stereocenters. The number of likely N-dealkylation sites (tertiary alicyclic amines) is 1. The molecule has 0 radical (unpaired) electrons. The van der Waals surface area contributed by atoms with Crippen molar-refractivity contribution in [2.75, 3.05) is 13.1 Å². The summed E-state index contributed by atoms with van der Waals surface area (Å²) >= 11 is 12.2. The van der Waals surface area contributed by atoms with E-state index in [-0.39, 0.29) is 5.91 Å². The Morgan fingerprint density at radius 1 is 1.04 bits per heavy atom. The number of benzene rings is 1. The van der Waals surface area contributed by atoms with Crippen molar-refractivity contribution in [1.82, 2.24) is 14.7 Å². The Hall–Kier alpha value is -2.24. The van der Waals surface area contributed by atoms with Gasteiger partial charge < -0.3 is 9.32 Å². The van der Waals surface area contributed by atoms with Gasteiger partial charge in [0.15, 0.2) is 5.76 Å². The number of furan rings is 1. The van der Waals surface area contributed by atoms with Gasteiger partial charge in [0.25, 0.3) is 5.91 Å². The summed E-state index contributed by atoms with van der Waals surface area (Å²) in [6, 6.07) is 10.6. The topological polar surface area (TPSA) is 51.3 Å². The van der Waals surface area contributed by atoms with E-state index in [1.807, 2.05) is 11.0 Å². The van der Waals surface area contributed by atoms with Gasteiger partial charge in [0.1, 0.15) is 11.4 Å². The zero-order chi connectivity index (χ0) is 18.1. The molecule has 0 spiro atoms. The van der Waals surface area contributed by atoms with Crippen molar-refractivity contribution in [2.45, 2.75) is 19.3 Å². The average Bonchev–Trinajstić information content (AvgIpc) is 3.33. The predicted octanol–water partition coefficient (Wildman–Crippen LogP) is 5.07. The van der Waals surface area contributed by atoms with Gasteiger partial charge in [-0.15, -0.1) is 0 Å². The molecule has 0 aliphatic carbocycles. The third-order valence-corrected chi connectivity index (χ3v) is 5.23. The molecule has 26 heavy (non-hydrogen) atoms. The van der Waals surface area contributed by atoms with E-state index < -0.39 is 0 Å². The lowest BCUT2D eigenvalue weighted by atomic mass is 10.1. The Labute approximate surface area is 161 Å². The van der Waals surface area contributed by atoms with Crippen LogP contribution in [0.2, 0.25) is 10.0 Å². The third-order valence-electron chi connectivity index (χ3n) is 4.49. The van der Waals surface area contributed by atoms with Gasteiger partial charge >= 0.3 is 0 Å². The molecule has 3 aromatic rings. The number of amides is 1. The summed E-state index contributed by atoms with van der Waals surface area (Å²) in [7, 11) is 0. The number of halogens is 2. The van der Waals surface area contributed by atoms with Crippen molar-refractivity contribution in [2.24, 2.45) is 0 Å². The second kappa shape index (κ2) is 7.17.